The zero-order valence-electron chi connectivity index (χ0n) is 11.1. The van der Waals surface area contributed by atoms with Gasteiger partial charge in [0.05, 0.1) is 18.1 Å². The van der Waals surface area contributed by atoms with Crippen LogP contribution in [0.25, 0.3) is 0 Å². The maximum atomic E-state index is 12.5. The number of furan rings is 1. The first kappa shape index (κ1) is 13.7. The highest BCUT2D eigenvalue weighted by Crippen LogP contribution is 2.32. The Morgan fingerprint density at radius 1 is 1.24 bits per heavy atom. The predicted molar refractivity (Wildman–Crippen MR) is 75.7 cm³/mol. The summed E-state index contributed by atoms with van der Waals surface area (Å²) in [5.41, 5.74) is 1.01. The van der Waals surface area contributed by atoms with Crippen molar-refractivity contribution >= 4 is 21.6 Å². The molecule has 0 saturated carbocycles. The normalized spacial score (nSPS) is 18.2. The van der Waals surface area contributed by atoms with Gasteiger partial charge in [-0.05, 0) is 24.3 Å². The van der Waals surface area contributed by atoms with E-state index in [4.69, 9.17) is 4.42 Å². The maximum absolute atomic E-state index is 12.5. The van der Waals surface area contributed by atoms with E-state index < -0.39 is 22.1 Å². The average molecular weight is 307 g/mol. The van der Waals surface area contributed by atoms with E-state index in [-0.39, 0.29) is 0 Å². The topological polar surface area (TPSA) is 91.7 Å². The molecule has 110 valence electrons. The molecule has 1 aromatic heterocycles. The number of carbonyl (C=O) groups excluding carboxylic acids is 1. The fourth-order valence-electron chi connectivity index (χ4n) is 2.17. The fourth-order valence-corrected chi connectivity index (χ4v) is 2.72. The summed E-state index contributed by atoms with van der Waals surface area (Å²) in [6.07, 6.45) is 1.69. The Balaban J connectivity index is 2.07. The molecule has 3 rings (SSSR count). The lowest BCUT2D eigenvalue weighted by atomic mass is 10.1. The lowest BCUT2D eigenvalue weighted by molar-refractivity contribution is 0.0610. The molecule has 1 aromatic carbocycles. The number of amides is 1. The van der Waals surface area contributed by atoms with E-state index in [0.29, 0.717) is 17.0 Å². The molecule has 0 bridgehead atoms. The summed E-state index contributed by atoms with van der Waals surface area (Å²) in [6.45, 7) is 0. The van der Waals surface area contributed by atoms with Gasteiger partial charge in [-0.25, -0.2) is 13.4 Å². The predicted octanol–water partition coefficient (Wildman–Crippen LogP) is 1.31. The molecule has 0 spiro atoms. The zero-order valence-corrected chi connectivity index (χ0v) is 11.9. The highest BCUT2D eigenvalue weighted by Gasteiger charge is 2.36. The van der Waals surface area contributed by atoms with Crippen LogP contribution in [0.2, 0.25) is 0 Å². The molecule has 1 aliphatic heterocycles. The molecule has 8 heteroatoms. The second-order valence-corrected chi connectivity index (χ2v) is 6.37. The van der Waals surface area contributed by atoms with Gasteiger partial charge in [-0.1, -0.05) is 12.1 Å². The quantitative estimate of drug-likeness (QED) is 0.892. The monoisotopic (exact) mass is 307 g/mol. The smallest absolute Gasteiger partial charge is 0.273 e. The maximum Gasteiger partial charge on any atom is 0.273 e. The number of rotatable bonds is 3. The molecule has 0 unspecified atom stereocenters. The minimum absolute atomic E-state index is 0.386. The molecule has 21 heavy (non-hydrogen) atoms. The highest BCUT2D eigenvalue weighted by molar-refractivity contribution is 7.88. The standard InChI is InChI=1S/C13H13N3O4S/c1-21(18,19)15-16-12(11-7-4-8-20-11)14-10-6-3-2-5-9(10)13(16)17/h2-8,12,14-15H,1H3/t12-/m0/s1. The summed E-state index contributed by atoms with van der Waals surface area (Å²) in [5, 5.41) is 4.10. The molecular formula is C13H13N3O4S. The number of hydrogen-bond acceptors (Lipinski definition) is 5. The van der Waals surface area contributed by atoms with Crippen LogP contribution >= 0.6 is 0 Å². The molecule has 1 atom stereocenters. The second-order valence-electron chi connectivity index (χ2n) is 4.65. The van der Waals surface area contributed by atoms with Crippen molar-refractivity contribution in [2.45, 2.75) is 6.17 Å². The van der Waals surface area contributed by atoms with Crippen molar-refractivity contribution in [2.24, 2.45) is 0 Å². The van der Waals surface area contributed by atoms with Gasteiger partial charge in [0.2, 0.25) is 10.0 Å². The van der Waals surface area contributed by atoms with Gasteiger partial charge in [-0.15, -0.1) is 4.83 Å². The number of carbonyl (C=O) groups is 1. The van der Waals surface area contributed by atoms with Crippen LogP contribution in [0.1, 0.15) is 22.3 Å². The number of anilines is 1. The van der Waals surface area contributed by atoms with Crippen LogP contribution in [0.15, 0.2) is 47.1 Å². The average Bonchev–Trinajstić information content (AvgIpc) is 2.94. The van der Waals surface area contributed by atoms with Crippen LogP contribution in [-0.4, -0.2) is 25.6 Å². The number of nitrogens with one attached hydrogen (secondary N) is 2. The summed E-state index contributed by atoms with van der Waals surface area (Å²) in [4.78, 5) is 14.7. The van der Waals surface area contributed by atoms with E-state index in [9.17, 15) is 13.2 Å². The molecule has 2 heterocycles. The van der Waals surface area contributed by atoms with Crippen LogP contribution in [0.5, 0.6) is 0 Å². The Kier molecular flexibility index (Phi) is 3.19. The van der Waals surface area contributed by atoms with Crippen LogP contribution in [0.3, 0.4) is 0 Å². The molecule has 1 aliphatic rings. The van der Waals surface area contributed by atoms with E-state index >= 15 is 0 Å². The van der Waals surface area contributed by atoms with Gasteiger partial charge in [0.25, 0.3) is 5.91 Å². The fraction of sp³-hybridized carbons (Fsp3) is 0.154. The molecule has 1 amide bonds. The molecule has 0 radical (unpaired) electrons. The molecular weight excluding hydrogens is 294 g/mol. The molecule has 0 saturated heterocycles. The number of para-hydroxylation sites is 1. The minimum atomic E-state index is -3.61. The third kappa shape index (κ3) is 2.63. The van der Waals surface area contributed by atoms with E-state index in [2.05, 4.69) is 10.1 Å². The summed E-state index contributed by atoms with van der Waals surface area (Å²) in [7, 11) is -3.61. The molecule has 0 fully saturated rings. The van der Waals surface area contributed by atoms with Gasteiger partial charge in [-0.3, -0.25) is 4.79 Å². The second kappa shape index (κ2) is 4.90. The lowest BCUT2D eigenvalue weighted by Crippen LogP contribution is -2.52. The molecule has 2 aromatic rings. The molecule has 0 aliphatic carbocycles. The molecule has 2 N–H and O–H groups in total. The first-order valence-electron chi connectivity index (χ1n) is 6.16. The van der Waals surface area contributed by atoms with Gasteiger partial charge in [-0.2, -0.15) is 0 Å². The third-order valence-corrected chi connectivity index (χ3v) is 3.53. The van der Waals surface area contributed by atoms with Crippen molar-refractivity contribution in [1.82, 2.24) is 9.84 Å². The first-order chi connectivity index (χ1) is 9.96. The van der Waals surface area contributed by atoms with Crippen LogP contribution < -0.4 is 10.1 Å². The third-order valence-electron chi connectivity index (χ3n) is 3.00. The van der Waals surface area contributed by atoms with Gasteiger partial charge in [0.1, 0.15) is 5.76 Å². The van der Waals surface area contributed by atoms with Gasteiger partial charge >= 0.3 is 0 Å². The summed E-state index contributed by atoms with van der Waals surface area (Å²) in [5.74, 6) is -0.0230. The van der Waals surface area contributed by atoms with Gasteiger partial charge in [0.15, 0.2) is 6.17 Å². The van der Waals surface area contributed by atoms with E-state index in [0.717, 1.165) is 11.3 Å². The van der Waals surface area contributed by atoms with E-state index in [1.807, 2.05) is 0 Å². The van der Waals surface area contributed by atoms with Crippen molar-refractivity contribution in [3.05, 3.63) is 54.0 Å². The number of hydrazine groups is 1. The van der Waals surface area contributed by atoms with Crippen LogP contribution in [0, 0.1) is 0 Å². The Labute approximate surface area is 121 Å². The van der Waals surface area contributed by atoms with Crippen molar-refractivity contribution in [2.75, 3.05) is 11.6 Å². The van der Waals surface area contributed by atoms with Crippen molar-refractivity contribution in [1.29, 1.82) is 0 Å². The molecule has 7 nitrogen and oxygen atoms in total. The first-order valence-corrected chi connectivity index (χ1v) is 8.05. The van der Waals surface area contributed by atoms with Crippen LogP contribution in [0.4, 0.5) is 5.69 Å². The van der Waals surface area contributed by atoms with Crippen molar-refractivity contribution in [3.8, 4) is 0 Å². The Morgan fingerprint density at radius 3 is 2.67 bits per heavy atom. The number of fused-ring (bicyclic) bond motifs is 1. The number of hydrogen-bond donors (Lipinski definition) is 2. The minimum Gasteiger partial charge on any atom is -0.465 e. The number of benzene rings is 1. The Hall–Kier alpha value is -2.32. The Bertz CT molecular complexity index is 770. The largest absolute Gasteiger partial charge is 0.465 e. The number of sulfonamides is 1. The SMILES string of the molecule is CS(=O)(=O)NN1C(=O)c2ccccc2N[C@@H]1c1ccco1. The lowest BCUT2D eigenvalue weighted by Gasteiger charge is -2.35. The highest BCUT2D eigenvalue weighted by atomic mass is 32.2. The van der Waals surface area contributed by atoms with E-state index in [1.54, 1.807) is 36.4 Å². The number of nitrogens with zero attached hydrogens (tertiary/aromatic N) is 1. The zero-order chi connectivity index (χ0) is 15.0. The summed E-state index contributed by atoms with van der Waals surface area (Å²) in [6, 6.07) is 10.2. The van der Waals surface area contributed by atoms with Crippen molar-refractivity contribution < 1.29 is 17.6 Å². The van der Waals surface area contributed by atoms with Crippen LogP contribution in [-0.2, 0) is 10.0 Å². The summed E-state index contributed by atoms with van der Waals surface area (Å²) < 4.78 is 28.3. The van der Waals surface area contributed by atoms with E-state index in [1.165, 1.54) is 6.26 Å². The van der Waals surface area contributed by atoms with Crippen molar-refractivity contribution in [3.63, 3.8) is 0 Å². The van der Waals surface area contributed by atoms with Gasteiger partial charge < -0.3 is 9.73 Å². The van der Waals surface area contributed by atoms with Gasteiger partial charge in [0, 0.05) is 5.69 Å². The Morgan fingerprint density at radius 2 is 2.00 bits per heavy atom. The summed E-state index contributed by atoms with van der Waals surface area (Å²) >= 11 is 0.